The van der Waals surface area contributed by atoms with Crippen molar-refractivity contribution in [3.8, 4) is 0 Å². The van der Waals surface area contributed by atoms with Crippen molar-refractivity contribution in [1.29, 1.82) is 0 Å². The summed E-state index contributed by atoms with van der Waals surface area (Å²) in [6.45, 7) is 5.38. The van der Waals surface area contributed by atoms with E-state index in [1.807, 2.05) is 13.8 Å². The first-order valence-corrected chi connectivity index (χ1v) is 2.79. The summed E-state index contributed by atoms with van der Waals surface area (Å²) < 4.78 is 5.00. The van der Waals surface area contributed by atoms with Crippen LogP contribution in [0.5, 0.6) is 0 Å². The molecule has 3 nitrogen and oxygen atoms in total. The molecule has 0 aromatic rings. The first kappa shape index (κ1) is 8.43. The Morgan fingerprint density at radius 1 is 1.56 bits per heavy atom. The summed E-state index contributed by atoms with van der Waals surface area (Å²) >= 11 is 0. The molecule has 1 N–H and O–H groups in total. The molecule has 0 radical (unpaired) electrons. The Kier molecular flexibility index (Phi) is 2.65. The van der Waals surface area contributed by atoms with Crippen molar-refractivity contribution in [3.63, 3.8) is 0 Å². The number of methoxy groups -OCH3 is 1. The summed E-state index contributed by atoms with van der Waals surface area (Å²) in [7, 11) is 1.58. The minimum absolute atomic E-state index is 0.450. The summed E-state index contributed by atoms with van der Waals surface area (Å²) in [5.41, 5.74) is 0.124. The van der Waals surface area contributed by atoms with Gasteiger partial charge in [-0.2, -0.15) is 0 Å². The number of oxime groups is 1. The molecule has 0 amide bonds. The van der Waals surface area contributed by atoms with Gasteiger partial charge in [-0.1, -0.05) is 5.16 Å². The van der Waals surface area contributed by atoms with Crippen LogP contribution in [0.2, 0.25) is 0 Å². The fourth-order valence-corrected chi connectivity index (χ4v) is 0.268. The summed E-state index contributed by atoms with van der Waals surface area (Å²) in [4.78, 5) is 0. The molecule has 0 fully saturated rings. The number of nitrogens with zero attached hydrogens (tertiary/aromatic N) is 1. The van der Waals surface area contributed by atoms with Crippen molar-refractivity contribution < 1.29 is 9.94 Å². The number of hydrogen-bond acceptors (Lipinski definition) is 3. The van der Waals surface area contributed by atoms with Crippen LogP contribution in [0.15, 0.2) is 5.16 Å². The zero-order valence-corrected chi connectivity index (χ0v) is 6.30. The van der Waals surface area contributed by atoms with Crippen molar-refractivity contribution in [3.05, 3.63) is 0 Å². The molecule has 0 aromatic heterocycles. The van der Waals surface area contributed by atoms with E-state index in [-0.39, 0.29) is 0 Å². The van der Waals surface area contributed by atoms with E-state index in [0.29, 0.717) is 5.71 Å². The maximum atomic E-state index is 8.31. The van der Waals surface area contributed by atoms with Gasteiger partial charge in [0.05, 0.1) is 5.71 Å². The van der Waals surface area contributed by atoms with Crippen molar-refractivity contribution in [2.24, 2.45) is 5.16 Å². The van der Waals surface area contributed by atoms with Crippen LogP contribution in [-0.2, 0) is 4.74 Å². The Labute approximate surface area is 55.3 Å². The van der Waals surface area contributed by atoms with Crippen molar-refractivity contribution in [2.75, 3.05) is 7.11 Å². The normalized spacial score (nSPS) is 14.0. The molecule has 0 spiro atoms. The monoisotopic (exact) mass is 131 g/mol. The Hall–Kier alpha value is -0.570. The SMILES string of the molecule is COC(C)(C)/C(C)=N/O. The Morgan fingerprint density at radius 3 is 2.11 bits per heavy atom. The van der Waals surface area contributed by atoms with Gasteiger partial charge in [-0.25, -0.2) is 0 Å². The Morgan fingerprint density at radius 2 is 2.00 bits per heavy atom. The van der Waals surface area contributed by atoms with Crippen LogP contribution in [0.25, 0.3) is 0 Å². The van der Waals surface area contributed by atoms with Gasteiger partial charge in [0.25, 0.3) is 0 Å². The molecular formula is C6H13NO2. The highest BCUT2D eigenvalue weighted by Crippen LogP contribution is 2.08. The molecule has 3 heteroatoms. The fourth-order valence-electron chi connectivity index (χ4n) is 0.268. The van der Waals surface area contributed by atoms with Crippen LogP contribution >= 0.6 is 0 Å². The molecule has 0 aromatic carbocycles. The number of hydrogen-bond donors (Lipinski definition) is 1. The maximum absolute atomic E-state index is 8.31. The fraction of sp³-hybridized carbons (Fsp3) is 0.833. The molecule has 0 saturated carbocycles. The van der Waals surface area contributed by atoms with Gasteiger partial charge in [0, 0.05) is 7.11 Å². The molecule has 9 heavy (non-hydrogen) atoms. The molecule has 0 unspecified atom stereocenters. The lowest BCUT2D eigenvalue weighted by molar-refractivity contribution is 0.0790. The second kappa shape index (κ2) is 2.82. The van der Waals surface area contributed by atoms with Crippen LogP contribution in [0, 0.1) is 0 Å². The van der Waals surface area contributed by atoms with Crippen LogP contribution < -0.4 is 0 Å². The standard InChI is InChI=1S/C6H13NO2/c1-5(7-8)6(2,3)9-4/h8H,1-4H3/b7-5+. The molecule has 0 rings (SSSR count). The van der Waals surface area contributed by atoms with Crippen molar-refractivity contribution in [1.82, 2.24) is 0 Å². The first-order valence-electron chi connectivity index (χ1n) is 2.79. The quantitative estimate of drug-likeness (QED) is 0.348. The minimum Gasteiger partial charge on any atom is -0.411 e. The van der Waals surface area contributed by atoms with Gasteiger partial charge in [-0.3, -0.25) is 0 Å². The summed E-state index contributed by atoms with van der Waals surface area (Å²) in [6, 6.07) is 0. The molecule has 0 aliphatic rings. The van der Waals surface area contributed by atoms with E-state index in [2.05, 4.69) is 5.16 Å². The third kappa shape index (κ3) is 2.01. The lowest BCUT2D eigenvalue weighted by Crippen LogP contribution is -2.31. The molecule has 0 aliphatic heterocycles. The van der Waals surface area contributed by atoms with Gasteiger partial charge in [-0.15, -0.1) is 0 Å². The van der Waals surface area contributed by atoms with E-state index in [1.54, 1.807) is 14.0 Å². The van der Waals surface area contributed by atoms with E-state index in [9.17, 15) is 0 Å². The molecule has 0 saturated heterocycles. The first-order chi connectivity index (χ1) is 4.04. The minimum atomic E-state index is -0.450. The smallest absolute Gasteiger partial charge is 0.103 e. The van der Waals surface area contributed by atoms with Crippen LogP contribution in [-0.4, -0.2) is 23.6 Å². The predicted octanol–water partition coefficient (Wildman–Crippen LogP) is 1.26. The Balaban J connectivity index is 4.14. The highest BCUT2D eigenvalue weighted by atomic mass is 16.5. The maximum Gasteiger partial charge on any atom is 0.103 e. The Bertz CT molecular complexity index is 118. The number of rotatable bonds is 2. The van der Waals surface area contributed by atoms with Crippen LogP contribution in [0.1, 0.15) is 20.8 Å². The molecular weight excluding hydrogens is 118 g/mol. The van der Waals surface area contributed by atoms with Gasteiger partial charge >= 0.3 is 0 Å². The van der Waals surface area contributed by atoms with E-state index >= 15 is 0 Å². The zero-order chi connectivity index (χ0) is 7.49. The topological polar surface area (TPSA) is 41.8 Å². The average Bonchev–Trinajstić information content (AvgIpc) is 1.86. The van der Waals surface area contributed by atoms with Gasteiger partial charge < -0.3 is 9.94 Å². The second-order valence-electron chi connectivity index (χ2n) is 2.40. The number of ether oxygens (including phenoxy) is 1. The summed E-state index contributed by atoms with van der Waals surface area (Å²) in [5, 5.41) is 11.3. The third-order valence-corrected chi connectivity index (χ3v) is 1.53. The zero-order valence-electron chi connectivity index (χ0n) is 6.30. The summed E-state index contributed by atoms with van der Waals surface area (Å²) in [6.07, 6.45) is 0. The third-order valence-electron chi connectivity index (χ3n) is 1.53. The highest BCUT2D eigenvalue weighted by molar-refractivity contribution is 5.89. The summed E-state index contributed by atoms with van der Waals surface area (Å²) in [5.74, 6) is 0. The largest absolute Gasteiger partial charge is 0.411 e. The van der Waals surface area contributed by atoms with Crippen molar-refractivity contribution in [2.45, 2.75) is 26.4 Å². The van der Waals surface area contributed by atoms with Gasteiger partial charge in [0.1, 0.15) is 5.60 Å². The van der Waals surface area contributed by atoms with Gasteiger partial charge in [0.15, 0.2) is 0 Å². The predicted molar refractivity (Wildman–Crippen MR) is 36.0 cm³/mol. The second-order valence-corrected chi connectivity index (χ2v) is 2.40. The van der Waals surface area contributed by atoms with E-state index in [0.717, 1.165) is 0 Å². The molecule has 0 atom stereocenters. The molecule has 54 valence electrons. The lowest BCUT2D eigenvalue weighted by Gasteiger charge is -2.20. The molecule has 0 heterocycles. The van der Waals surface area contributed by atoms with Gasteiger partial charge in [0.2, 0.25) is 0 Å². The van der Waals surface area contributed by atoms with Crippen LogP contribution in [0.3, 0.4) is 0 Å². The average molecular weight is 131 g/mol. The van der Waals surface area contributed by atoms with Gasteiger partial charge in [-0.05, 0) is 20.8 Å². The molecule has 0 aliphatic carbocycles. The lowest BCUT2D eigenvalue weighted by atomic mass is 10.1. The highest BCUT2D eigenvalue weighted by Gasteiger charge is 2.20. The van der Waals surface area contributed by atoms with Crippen molar-refractivity contribution >= 4 is 5.71 Å². The van der Waals surface area contributed by atoms with E-state index < -0.39 is 5.60 Å². The van der Waals surface area contributed by atoms with E-state index in [1.165, 1.54) is 0 Å². The van der Waals surface area contributed by atoms with E-state index in [4.69, 9.17) is 9.94 Å². The van der Waals surface area contributed by atoms with Crippen LogP contribution in [0.4, 0.5) is 0 Å². The molecule has 0 bridgehead atoms.